The molecular formula is C10H16N4O5S. The molecule has 5 atom stereocenters. The molecule has 9 nitrogen and oxygen atoms in total. The maximum Gasteiger partial charge on any atom is 0.273 e. The lowest BCUT2D eigenvalue weighted by Gasteiger charge is -2.40. The summed E-state index contributed by atoms with van der Waals surface area (Å²) >= 11 is 4.05. The number of aromatic nitrogens is 3. The molecule has 1 fully saturated rings. The van der Waals surface area contributed by atoms with Gasteiger partial charge in [0.15, 0.2) is 5.69 Å². The first-order valence-corrected chi connectivity index (χ1v) is 6.45. The molecule has 112 valence electrons. The van der Waals surface area contributed by atoms with Crippen LogP contribution in [0, 0.1) is 0 Å². The number of aliphatic hydroxyl groups is 3. The highest BCUT2D eigenvalue weighted by atomic mass is 32.1. The lowest BCUT2D eigenvalue weighted by Crippen LogP contribution is -2.54. The number of carbonyl (C=O) groups is 1. The largest absolute Gasteiger partial charge is 0.394 e. The van der Waals surface area contributed by atoms with Crippen molar-refractivity contribution >= 4 is 18.5 Å². The van der Waals surface area contributed by atoms with Crippen molar-refractivity contribution in [2.45, 2.75) is 29.8 Å². The van der Waals surface area contributed by atoms with E-state index in [1.165, 1.54) is 17.9 Å². The summed E-state index contributed by atoms with van der Waals surface area (Å²) in [5, 5.41) is 39.1. The minimum Gasteiger partial charge on any atom is -0.394 e. The predicted molar refractivity (Wildman–Crippen MR) is 69.2 cm³/mol. The van der Waals surface area contributed by atoms with Crippen molar-refractivity contribution in [3.63, 3.8) is 0 Å². The van der Waals surface area contributed by atoms with Crippen LogP contribution in [0.15, 0.2) is 6.20 Å². The van der Waals surface area contributed by atoms with Crippen molar-refractivity contribution in [1.82, 2.24) is 20.3 Å². The molecule has 1 aliphatic heterocycles. The summed E-state index contributed by atoms with van der Waals surface area (Å²) in [7, 11) is 1.45. The average molecular weight is 304 g/mol. The van der Waals surface area contributed by atoms with Crippen molar-refractivity contribution in [2.75, 3.05) is 13.7 Å². The molecule has 1 aromatic heterocycles. The number of amides is 1. The molecule has 0 aliphatic carbocycles. The zero-order chi connectivity index (χ0) is 14.9. The third-order valence-corrected chi connectivity index (χ3v) is 3.57. The van der Waals surface area contributed by atoms with Gasteiger partial charge in [-0.3, -0.25) is 4.79 Å². The number of nitrogens with zero attached hydrogens (tertiary/aromatic N) is 3. The van der Waals surface area contributed by atoms with E-state index >= 15 is 0 Å². The minimum absolute atomic E-state index is 0.0506. The Kier molecular flexibility index (Phi) is 4.60. The average Bonchev–Trinajstić information content (AvgIpc) is 2.91. The number of aliphatic hydroxyl groups excluding tert-OH is 3. The van der Waals surface area contributed by atoms with Gasteiger partial charge in [-0.2, -0.15) is 0 Å². The molecule has 2 heterocycles. The number of thiol groups is 1. The van der Waals surface area contributed by atoms with E-state index in [4.69, 9.17) is 9.84 Å². The van der Waals surface area contributed by atoms with Crippen LogP contribution >= 0.6 is 12.6 Å². The van der Waals surface area contributed by atoms with E-state index < -0.39 is 42.3 Å². The summed E-state index contributed by atoms with van der Waals surface area (Å²) in [5.74, 6) is -0.437. The van der Waals surface area contributed by atoms with E-state index in [1.54, 1.807) is 0 Å². The normalized spacial score (nSPS) is 34.0. The summed E-state index contributed by atoms with van der Waals surface area (Å²) in [6.45, 7) is -0.432. The van der Waals surface area contributed by atoms with Gasteiger partial charge in [0.25, 0.3) is 5.91 Å². The van der Waals surface area contributed by atoms with Gasteiger partial charge in [0.1, 0.15) is 29.8 Å². The molecule has 4 N–H and O–H groups in total. The summed E-state index contributed by atoms with van der Waals surface area (Å²) in [6, 6.07) is -0.922. The van der Waals surface area contributed by atoms with Gasteiger partial charge in [0.2, 0.25) is 0 Å². The molecule has 1 aliphatic rings. The Hall–Kier alpha value is -1.20. The van der Waals surface area contributed by atoms with Gasteiger partial charge < -0.3 is 25.4 Å². The Balaban J connectivity index is 2.28. The van der Waals surface area contributed by atoms with Crippen LogP contribution in [0.3, 0.4) is 0 Å². The maximum absolute atomic E-state index is 11.4. The smallest absolute Gasteiger partial charge is 0.273 e. The molecule has 0 spiro atoms. The third kappa shape index (κ3) is 2.65. The summed E-state index contributed by atoms with van der Waals surface area (Å²) in [5.41, 5.74) is -0.845. The molecule has 1 amide bonds. The number of rotatable bonds is 3. The standard InChI is InChI=1S/C10H16N4O5S/c1-11-9(18)4-2-14(13-12-4)6-7(16)5(3-15)19-10(20)8(6)17/h2,5-8,10,15-17,20H,3H2,1H3,(H,11,18)/t5?,6-,7-,8?,10-/m0/s1. The summed E-state index contributed by atoms with van der Waals surface area (Å²) in [6.07, 6.45) is -1.98. The first-order valence-electron chi connectivity index (χ1n) is 5.94. The van der Waals surface area contributed by atoms with Crippen molar-refractivity contribution in [3.05, 3.63) is 11.9 Å². The molecule has 1 saturated heterocycles. The fraction of sp³-hybridized carbons (Fsp3) is 0.700. The van der Waals surface area contributed by atoms with Gasteiger partial charge in [0, 0.05) is 7.05 Å². The fourth-order valence-electron chi connectivity index (χ4n) is 2.05. The molecule has 0 aromatic carbocycles. The van der Waals surface area contributed by atoms with E-state index in [9.17, 15) is 15.0 Å². The van der Waals surface area contributed by atoms with Crippen LogP contribution < -0.4 is 5.32 Å². The molecule has 0 saturated carbocycles. The van der Waals surface area contributed by atoms with Crippen LogP contribution in [0.4, 0.5) is 0 Å². The Bertz CT molecular complexity index is 484. The SMILES string of the molecule is CNC(=O)c1cn([C@@H]2C(O)[C@H](S)OC(CO)[C@@H]2O)nn1. The lowest BCUT2D eigenvalue weighted by atomic mass is 9.97. The molecule has 2 unspecified atom stereocenters. The molecule has 20 heavy (non-hydrogen) atoms. The van der Waals surface area contributed by atoms with Crippen LogP contribution in [0.25, 0.3) is 0 Å². The second-order valence-corrected chi connectivity index (χ2v) is 4.89. The zero-order valence-corrected chi connectivity index (χ0v) is 11.5. The van der Waals surface area contributed by atoms with Crippen LogP contribution in [0.5, 0.6) is 0 Å². The Morgan fingerprint density at radius 3 is 2.85 bits per heavy atom. The topological polar surface area (TPSA) is 130 Å². The van der Waals surface area contributed by atoms with E-state index in [1.807, 2.05) is 0 Å². The molecule has 1 aromatic rings. The van der Waals surface area contributed by atoms with Gasteiger partial charge in [0.05, 0.1) is 12.8 Å². The highest BCUT2D eigenvalue weighted by molar-refractivity contribution is 7.80. The highest BCUT2D eigenvalue weighted by Crippen LogP contribution is 2.31. The van der Waals surface area contributed by atoms with Gasteiger partial charge in [-0.1, -0.05) is 5.21 Å². The molecule has 10 heteroatoms. The Labute approximate surface area is 120 Å². The van der Waals surface area contributed by atoms with Crippen molar-refractivity contribution < 1.29 is 24.9 Å². The predicted octanol–water partition coefficient (Wildman–Crippen LogP) is -2.45. The molecule has 0 radical (unpaired) electrons. The first-order chi connectivity index (χ1) is 9.49. The van der Waals surface area contributed by atoms with Crippen LogP contribution in [-0.4, -0.2) is 73.6 Å². The number of carbonyl (C=O) groups excluding carboxylic acids is 1. The highest BCUT2D eigenvalue weighted by Gasteiger charge is 2.44. The zero-order valence-electron chi connectivity index (χ0n) is 10.6. The van der Waals surface area contributed by atoms with Gasteiger partial charge >= 0.3 is 0 Å². The Morgan fingerprint density at radius 2 is 2.25 bits per heavy atom. The van der Waals surface area contributed by atoms with E-state index in [0.29, 0.717) is 0 Å². The lowest BCUT2D eigenvalue weighted by molar-refractivity contribution is -0.178. The number of nitrogens with one attached hydrogen (secondary N) is 1. The van der Waals surface area contributed by atoms with E-state index in [2.05, 4.69) is 28.3 Å². The van der Waals surface area contributed by atoms with Crippen molar-refractivity contribution in [1.29, 1.82) is 0 Å². The second kappa shape index (κ2) is 6.06. The van der Waals surface area contributed by atoms with Crippen molar-refractivity contribution in [2.24, 2.45) is 0 Å². The molecule has 0 bridgehead atoms. The maximum atomic E-state index is 11.4. The first kappa shape index (κ1) is 15.2. The van der Waals surface area contributed by atoms with Crippen LogP contribution in [0.2, 0.25) is 0 Å². The third-order valence-electron chi connectivity index (χ3n) is 3.14. The summed E-state index contributed by atoms with van der Waals surface area (Å²) < 4.78 is 6.34. The number of ether oxygens (including phenoxy) is 1. The molecule has 2 rings (SSSR count). The quantitative estimate of drug-likeness (QED) is 0.392. The Morgan fingerprint density at radius 1 is 1.55 bits per heavy atom. The van der Waals surface area contributed by atoms with Crippen LogP contribution in [0.1, 0.15) is 16.5 Å². The fourth-order valence-corrected chi connectivity index (χ4v) is 2.38. The second-order valence-electron chi connectivity index (χ2n) is 4.38. The minimum atomic E-state index is -1.21. The monoisotopic (exact) mass is 304 g/mol. The van der Waals surface area contributed by atoms with E-state index in [0.717, 1.165) is 0 Å². The molecular weight excluding hydrogens is 288 g/mol. The van der Waals surface area contributed by atoms with Gasteiger partial charge in [-0.05, 0) is 0 Å². The van der Waals surface area contributed by atoms with E-state index in [-0.39, 0.29) is 5.69 Å². The van der Waals surface area contributed by atoms with Gasteiger partial charge in [-0.15, -0.1) is 17.7 Å². The number of hydrogen-bond donors (Lipinski definition) is 5. The van der Waals surface area contributed by atoms with Crippen molar-refractivity contribution in [3.8, 4) is 0 Å². The summed E-state index contributed by atoms with van der Waals surface area (Å²) in [4.78, 5) is 11.4. The number of hydrogen-bond acceptors (Lipinski definition) is 8. The van der Waals surface area contributed by atoms with Crippen LogP contribution in [-0.2, 0) is 4.74 Å². The van der Waals surface area contributed by atoms with Gasteiger partial charge in [-0.25, -0.2) is 4.68 Å².